The van der Waals surface area contributed by atoms with Crippen LogP contribution in [0.15, 0.2) is 18.2 Å². The van der Waals surface area contributed by atoms with Gasteiger partial charge in [-0.25, -0.2) is 0 Å². The number of benzene rings is 1. The molecule has 0 atom stereocenters. The molecule has 0 heterocycles. The third-order valence-electron chi connectivity index (χ3n) is 2.57. The molecule has 1 aromatic carbocycles. The van der Waals surface area contributed by atoms with Gasteiger partial charge in [-0.1, -0.05) is 19.9 Å². The zero-order valence-electron chi connectivity index (χ0n) is 11.8. The summed E-state index contributed by atoms with van der Waals surface area (Å²) < 4.78 is 5.43. The molecule has 6 heteroatoms. The quantitative estimate of drug-likeness (QED) is 0.448. The van der Waals surface area contributed by atoms with Gasteiger partial charge in [0.15, 0.2) is 0 Å². The van der Waals surface area contributed by atoms with Gasteiger partial charge in [0.2, 0.25) is 0 Å². The summed E-state index contributed by atoms with van der Waals surface area (Å²) in [6, 6.07) is 6.51. The second-order valence-electron chi connectivity index (χ2n) is 4.82. The van der Waals surface area contributed by atoms with Crippen molar-refractivity contribution in [1.82, 2.24) is 0 Å². The predicted octanol–water partition coefficient (Wildman–Crippen LogP) is 2.94. The van der Waals surface area contributed by atoms with Crippen molar-refractivity contribution in [1.29, 1.82) is 5.26 Å². The van der Waals surface area contributed by atoms with Crippen LogP contribution in [0.4, 0.5) is 11.4 Å². The fraction of sp³-hybridized carbons (Fsp3) is 0.500. The first-order chi connectivity index (χ1) is 9.56. The fourth-order valence-corrected chi connectivity index (χ4v) is 1.69. The summed E-state index contributed by atoms with van der Waals surface area (Å²) in [5.74, 6) is 0.497. The van der Waals surface area contributed by atoms with Crippen molar-refractivity contribution in [2.75, 3.05) is 25.1 Å². The molecule has 0 saturated carbocycles. The van der Waals surface area contributed by atoms with Gasteiger partial charge in [0, 0.05) is 19.8 Å². The number of nitriles is 1. The predicted molar refractivity (Wildman–Crippen MR) is 76.6 cm³/mol. The Labute approximate surface area is 118 Å². The lowest BCUT2D eigenvalue weighted by Crippen LogP contribution is -2.09. The molecule has 20 heavy (non-hydrogen) atoms. The molecule has 0 aliphatic carbocycles. The Morgan fingerprint density at radius 3 is 2.85 bits per heavy atom. The van der Waals surface area contributed by atoms with E-state index in [1.807, 2.05) is 6.07 Å². The molecule has 0 aromatic heterocycles. The van der Waals surface area contributed by atoms with E-state index in [4.69, 9.17) is 10.00 Å². The average molecular weight is 277 g/mol. The van der Waals surface area contributed by atoms with Crippen LogP contribution < -0.4 is 5.32 Å². The van der Waals surface area contributed by atoms with Gasteiger partial charge < -0.3 is 10.1 Å². The minimum absolute atomic E-state index is 0.0658. The van der Waals surface area contributed by atoms with Gasteiger partial charge in [-0.2, -0.15) is 5.26 Å². The SMILES string of the molecule is CC(C)COCCCNc1cccc(C#N)c1[N+](=O)[O-]. The highest BCUT2D eigenvalue weighted by Gasteiger charge is 2.18. The van der Waals surface area contributed by atoms with Crippen molar-refractivity contribution < 1.29 is 9.66 Å². The van der Waals surface area contributed by atoms with Crippen LogP contribution in [0, 0.1) is 27.4 Å². The highest BCUT2D eigenvalue weighted by molar-refractivity contribution is 5.68. The van der Waals surface area contributed by atoms with E-state index in [1.54, 1.807) is 12.1 Å². The van der Waals surface area contributed by atoms with Crippen molar-refractivity contribution in [3.05, 3.63) is 33.9 Å². The number of nitrogens with one attached hydrogen (secondary N) is 1. The molecule has 6 nitrogen and oxygen atoms in total. The molecule has 0 amide bonds. The largest absolute Gasteiger partial charge is 0.381 e. The number of hydrogen-bond donors (Lipinski definition) is 1. The van der Waals surface area contributed by atoms with Crippen LogP contribution in [-0.2, 0) is 4.74 Å². The molecule has 1 aromatic rings. The maximum absolute atomic E-state index is 11.0. The minimum Gasteiger partial charge on any atom is -0.381 e. The maximum atomic E-state index is 11.0. The summed E-state index contributed by atoms with van der Waals surface area (Å²) in [5, 5.41) is 22.9. The summed E-state index contributed by atoms with van der Waals surface area (Å²) in [6.45, 7) is 6.04. The van der Waals surface area contributed by atoms with Crippen molar-refractivity contribution in [3.8, 4) is 6.07 Å². The molecule has 0 bridgehead atoms. The van der Waals surface area contributed by atoms with E-state index in [0.717, 1.165) is 6.42 Å². The number of nitro groups is 1. The topological polar surface area (TPSA) is 88.2 Å². The van der Waals surface area contributed by atoms with Gasteiger partial charge in [0.25, 0.3) is 0 Å². The molecular formula is C14H19N3O3. The lowest BCUT2D eigenvalue weighted by atomic mass is 10.1. The van der Waals surface area contributed by atoms with Crippen LogP contribution in [0.25, 0.3) is 0 Å². The summed E-state index contributed by atoms with van der Waals surface area (Å²) in [6.07, 6.45) is 0.751. The van der Waals surface area contributed by atoms with Crippen LogP contribution >= 0.6 is 0 Å². The van der Waals surface area contributed by atoms with Crippen molar-refractivity contribution >= 4 is 11.4 Å². The molecule has 0 radical (unpaired) electrons. The summed E-state index contributed by atoms with van der Waals surface area (Å²) in [7, 11) is 0. The summed E-state index contributed by atoms with van der Waals surface area (Å²) in [4.78, 5) is 10.5. The summed E-state index contributed by atoms with van der Waals surface area (Å²) in [5.41, 5.74) is 0.270. The highest BCUT2D eigenvalue weighted by Crippen LogP contribution is 2.27. The zero-order chi connectivity index (χ0) is 15.0. The molecule has 0 aliphatic heterocycles. The molecule has 0 spiro atoms. The van der Waals surface area contributed by atoms with E-state index >= 15 is 0 Å². The molecule has 0 unspecified atom stereocenters. The maximum Gasteiger partial charge on any atom is 0.309 e. The molecule has 0 aliphatic rings. The Hall–Kier alpha value is -2.13. The van der Waals surface area contributed by atoms with E-state index in [1.165, 1.54) is 6.07 Å². The van der Waals surface area contributed by atoms with Crippen molar-refractivity contribution in [2.24, 2.45) is 5.92 Å². The smallest absolute Gasteiger partial charge is 0.309 e. The normalized spacial score (nSPS) is 10.3. The Balaban J connectivity index is 2.52. The molecule has 1 N–H and O–H groups in total. The molecule has 0 saturated heterocycles. The molecule has 0 fully saturated rings. The number of ether oxygens (including phenoxy) is 1. The van der Waals surface area contributed by atoms with Crippen LogP contribution in [0.2, 0.25) is 0 Å². The van der Waals surface area contributed by atoms with Crippen LogP contribution in [-0.4, -0.2) is 24.7 Å². The average Bonchev–Trinajstić information content (AvgIpc) is 2.41. The van der Waals surface area contributed by atoms with Gasteiger partial charge in [-0.3, -0.25) is 10.1 Å². The van der Waals surface area contributed by atoms with E-state index in [9.17, 15) is 10.1 Å². The lowest BCUT2D eigenvalue weighted by molar-refractivity contribution is -0.384. The van der Waals surface area contributed by atoms with E-state index < -0.39 is 4.92 Å². The number of rotatable bonds is 8. The number of nitrogens with zero attached hydrogens (tertiary/aromatic N) is 2. The van der Waals surface area contributed by atoms with E-state index in [2.05, 4.69) is 19.2 Å². The zero-order valence-corrected chi connectivity index (χ0v) is 11.8. The van der Waals surface area contributed by atoms with E-state index in [-0.39, 0.29) is 11.3 Å². The van der Waals surface area contributed by atoms with Crippen LogP contribution in [0.3, 0.4) is 0 Å². The van der Waals surface area contributed by atoms with Crippen molar-refractivity contribution in [2.45, 2.75) is 20.3 Å². The standard InChI is InChI=1S/C14H19N3O3/c1-11(2)10-20-8-4-7-16-13-6-3-5-12(9-15)14(13)17(18)19/h3,5-6,11,16H,4,7-8,10H2,1-2H3. The van der Waals surface area contributed by atoms with Gasteiger partial charge in [-0.15, -0.1) is 0 Å². The minimum atomic E-state index is -0.532. The number of hydrogen-bond acceptors (Lipinski definition) is 5. The third kappa shape index (κ3) is 4.86. The Morgan fingerprint density at radius 1 is 1.50 bits per heavy atom. The van der Waals surface area contributed by atoms with Gasteiger partial charge in [0.05, 0.1) is 4.92 Å². The molecule has 1 rings (SSSR count). The number of anilines is 1. The fourth-order valence-electron chi connectivity index (χ4n) is 1.69. The Kier molecular flexibility index (Phi) is 6.47. The molecular weight excluding hydrogens is 258 g/mol. The first-order valence-electron chi connectivity index (χ1n) is 6.55. The first-order valence-corrected chi connectivity index (χ1v) is 6.55. The Morgan fingerprint density at radius 2 is 2.25 bits per heavy atom. The molecule has 108 valence electrons. The monoisotopic (exact) mass is 277 g/mol. The first kappa shape index (κ1) is 15.9. The second kappa shape index (κ2) is 8.12. The van der Waals surface area contributed by atoms with Crippen LogP contribution in [0.5, 0.6) is 0 Å². The Bertz CT molecular complexity index is 495. The lowest BCUT2D eigenvalue weighted by Gasteiger charge is -2.09. The second-order valence-corrected chi connectivity index (χ2v) is 4.82. The van der Waals surface area contributed by atoms with E-state index in [0.29, 0.717) is 31.4 Å². The van der Waals surface area contributed by atoms with Crippen molar-refractivity contribution in [3.63, 3.8) is 0 Å². The third-order valence-corrected chi connectivity index (χ3v) is 2.57. The highest BCUT2D eigenvalue weighted by atomic mass is 16.6. The van der Waals surface area contributed by atoms with Crippen LogP contribution in [0.1, 0.15) is 25.8 Å². The number of para-hydroxylation sites is 1. The summed E-state index contributed by atoms with van der Waals surface area (Å²) >= 11 is 0. The van der Waals surface area contributed by atoms with Gasteiger partial charge in [0.1, 0.15) is 17.3 Å². The van der Waals surface area contributed by atoms with Gasteiger partial charge >= 0.3 is 5.69 Å². The number of nitro benzene ring substituents is 1. The van der Waals surface area contributed by atoms with Gasteiger partial charge in [-0.05, 0) is 24.5 Å².